The smallest absolute Gasteiger partial charge is 0.177 e. The molecule has 1 heterocycles. The quantitative estimate of drug-likeness (QED) is 0.862. The lowest BCUT2D eigenvalue weighted by Gasteiger charge is -2.14. The van der Waals surface area contributed by atoms with E-state index in [9.17, 15) is 4.39 Å². The monoisotopic (exact) mass is 259 g/mol. The van der Waals surface area contributed by atoms with Crippen molar-refractivity contribution >= 4 is 5.69 Å². The van der Waals surface area contributed by atoms with Gasteiger partial charge in [-0.25, -0.2) is 4.39 Å². The Morgan fingerprint density at radius 3 is 2.84 bits per heavy atom. The second kappa shape index (κ2) is 4.80. The van der Waals surface area contributed by atoms with Crippen molar-refractivity contribution in [3.05, 3.63) is 53.8 Å². The van der Waals surface area contributed by atoms with Crippen LogP contribution in [0.1, 0.15) is 5.56 Å². The first kappa shape index (κ1) is 11.8. The molecule has 98 valence electrons. The van der Waals surface area contributed by atoms with Crippen LogP contribution in [0.5, 0.6) is 11.5 Å². The molecule has 0 saturated heterocycles. The van der Waals surface area contributed by atoms with Gasteiger partial charge in [-0.15, -0.1) is 0 Å². The van der Waals surface area contributed by atoms with E-state index in [0.717, 1.165) is 17.7 Å². The summed E-state index contributed by atoms with van der Waals surface area (Å²) in [5, 5.41) is 0. The SMILES string of the molecule is Nc1cccc(F)c1OCC1Cc2ccccc2O1. The molecule has 0 amide bonds. The van der Waals surface area contributed by atoms with Crippen LogP contribution < -0.4 is 15.2 Å². The van der Waals surface area contributed by atoms with Crippen molar-refractivity contribution in [1.82, 2.24) is 0 Å². The predicted octanol–water partition coefficient (Wildman–Crippen LogP) is 2.79. The van der Waals surface area contributed by atoms with Crippen LogP contribution in [0.25, 0.3) is 0 Å². The molecule has 0 radical (unpaired) electrons. The second-order valence-electron chi connectivity index (χ2n) is 4.52. The molecular weight excluding hydrogens is 245 g/mol. The van der Waals surface area contributed by atoms with E-state index in [2.05, 4.69) is 0 Å². The standard InChI is InChI=1S/C15H14FNO2/c16-12-5-3-6-13(17)15(12)18-9-11-8-10-4-1-2-7-14(10)19-11/h1-7,11H,8-9,17H2. The molecule has 1 unspecified atom stereocenters. The Morgan fingerprint density at radius 2 is 2.05 bits per heavy atom. The van der Waals surface area contributed by atoms with Gasteiger partial charge in [-0.1, -0.05) is 24.3 Å². The predicted molar refractivity (Wildman–Crippen MR) is 70.9 cm³/mol. The average Bonchev–Trinajstić information content (AvgIpc) is 2.81. The molecular formula is C15H14FNO2. The van der Waals surface area contributed by atoms with Crippen LogP contribution >= 0.6 is 0 Å². The van der Waals surface area contributed by atoms with E-state index in [1.165, 1.54) is 6.07 Å². The van der Waals surface area contributed by atoms with Crippen molar-refractivity contribution in [2.75, 3.05) is 12.3 Å². The van der Waals surface area contributed by atoms with Gasteiger partial charge in [0.1, 0.15) is 18.5 Å². The molecule has 2 N–H and O–H groups in total. The minimum absolute atomic E-state index is 0.0991. The van der Waals surface area contributed by atoms with Gasteiger partial charge in [-0.05, 0) is 23.8 Å². The molecule has 0 saturated carbocycles. The van der Waals surface area contributed by atoms with Crippen molar-refractivity contribution in [3.63, 3.8) is 0 Å². The third-order valence-electron chi connectivity index (χ3n) is 3.12. The lowest BCUT2D eigenvalue weighted by atomic mass is 10.1. The van der Waals surface area contributed by atoms with Crippen molar-refractivity contribution < 1.29 is 13.9 Å². The largest absolute Gasteiger partial charge is 0.486 e. The lowest BCUT2D eigenvalue weighted by molar-refractivity contribution is 0.146. The van der Waals surface area contributed by atoms with Crippen molar-refractivity contribution in [1.29, 1.82) is 0 Å². The summed E-state index contributed by atoms with van der Waals surface area (Å²) in [5.74, 6) is 0.523. The molecule has 1 aliphatic heterocycles. The van der Waals surface area contributed by atoms with Gasteiger partial charge >= 0.3 is 0 Å². The molecule has 4 heteroatoms. The Bertz CT molecular complexity index is 555. The van der Waals surface area contributed by atoms with Gasteiger partial charge in [0.05, 0.1) is 5.69 Å². The van der Waals surface area contributed by atoms with Crippen LogP contribution in [0, 0.1) is 5.82 Å². The molecule has 1 aliphatic rings. The number of nitrogen functional groups attached to an aromatic ring is 1. The maximum absolute atomic E-state index is 13.5. The average molecular weight is 259 g/mol. The molecule has 19 heavy (non-hydrogen) atoms. The summed E-state index contributed by atoms with van der Waals surface area (Å²) in [5.41, 5.74) is 7.14. The normalized spacial score (nSPS) is 16.8. The topological polar surface area (TPSA) is 44.5 Å². The molecule has 2 aromatic rings. The first-order valence-electron chi connectivity index (χ1n) is 6.15. The number of anilines is 1. The Balaban J connectivity index is 1.66. The summed E-state index contributed by atoms with van der Waals surface area (Å²) in [4.78, 5) is 0. The maximum Gasteiger partial charge on any atom is 0.177 e. The van der Waals surface area contributed by atoms with Gasteiger partial charge in [0.15, 0.2) is 11.6 Å². The number of ether oxygens (including phenoxy) is 2. The van der Waals surface area contributed by atoms with Crippen LogP contribution in [0.15, 0.2) is 42.5 Å². The Morgan fingerprint density at radius 1 is 1.21 bits per heavy atom. The Labute approximate surface area is 110 Å². The fourth-order valence-corrected chi connectivity index (χ4v) is 2.20. The highest BCUT2D eigenvalue weighted by molar-refractivity contribution is 5.52. The minimum atomic E-state index is -0.449. The van der Waals surface area contributed by atoms with E-state index in [4.69, 9.17) is 15.2 Å². The van der Waals surface area contributed by atoms with Gasteiger partial charge in [-0.3, -0.25) is 0 Å². The third-order valence-corrected chi connectivity index (χ3v) is 3.12. The molecule has 0 aromatic heterocycles. The molecule has 2 aromatic carbocycles. The van der Waals surface area contributed by atoms with Gasteiger partial charge in [-0.2, -0.15) is 0 Å². The molecule has 0 spiro atoms. The summed E-state index contributed by atoms with van der Waals surface area (Å²) in [6.07, 6.45) is 0.668. The van der Waals surface area contributed by atoms with E-state index in [1.54, 1.807) is 12.1 Å². The van der Waals surface area contributed by atoms with Crippen LogP contribution in [-0.4, -0.2) is 12.7 Å². The van der Waals surface area contributed by atoms with Crippen molar-refractivity contribution in [2.45, 2.75) is 12.5 Å². The Kier molecular flexibility index (Phi) is 2.99. The van der Waals surface area contributed by atoms with Crippen LogP contribution in [-0.2, 0) is 6.42 Å². The Hall–Kier alpha value is -2.23. The highest BCUT2D eigenvalue weighted by Gasteiger charge is 2.23. The number of benzene rings is 2. The summed E-state index contributed by atoms with van der Waals surface area (Å²) in [6, 6.07) is 12.3. The minimum Gasteiger partial charge on any atom is -0.486 e. The number of fused-ring (bicyclic) bond motifs is 1. The fourth-order valence-electron chi connectivity index (χ4n) is 2.20. The van der Waals surface area contributed by atoms with E-state index in [1.807, 2.05) is 24.3 Å². The van der Waals surface area contributed by atoms with Crippen LogP contribution in [0.3, 0.4) is 0 Å². The summed E-state index contributed by atoms with van der Waals surface area (Å²) < 4.78 is 24.7. The number of para-hydroxylation sites is 2. The molecule has 3 nitrogen and oxygen atoms in total. The van der Waals surface area contributed by atoms with Crippen LogP contribution in [0.2, 0.25) is 0 Å². The molecule has 3 rings (SSSR count). The number of hydrogen-bond acceptors (Lipinski definition) is 3. The van der Waals surface area contributed by atoms with E-state index in [-0.39, 0.29) is 18.5 Å². The van der Waals surface area contributed by atoms with Crippen LogP contribution in [0.4, 0.5) is 10.1 Å². The fraction of sp³-hybridized carbons (Fsp3) is 0.200. The van der Waals surface area contributed by atoms with Gasteiger partial charge in [0.2, 0.25) is 0 Å². The summed E-state index contributed by atoms with van der Waals surface area (Å²) in [6.45, 7) is 0.278. The second-order valence-corrected chi connectivity index (χ2v) is 4.52. The first-order valence-corrected chi connectivity index (χ1v) is 6.15. The molecule has 0 bridgehead atoms. The highest BCUT2D eigenvalue weighted by Crippen LogP contribution is 2.30. The zero-order chi connectivity index (χ0) is 13.2. The zero-order valence-corrected chi connectivity index (χ0v) is 10.3. The zero-order valence-electron chi connectivity index (χ0n) is 10.3. The maximum atomic E-state index is 13.5. The van der Waals surface area contributed by atoms with Crippen molar-refractivity contribution in [2.24, 2.45) is 0 Å². The molecule has 0 fully saturated rings. The summed E-state index contributed by atoms with van der Waals surface area (Å²) >= 11 is 0. The number of halogens is 1. The summed E-state index contributed by atoms with van der Waals surface area (Å²) in [7, 11) is 0. The molecule has 1 atom stereocenters. The van der Waals surface area contributed by atoms with E-state index < -0.39 is 5.82 Å². The van der Waals surface area contributed by atoms with E-state index in [0.29, 0.717) is 5.69 Å². The lowest BCUT2D eigenvalue weighted by Crippen LogP contribution is -2.23. The first-order chi connectivity index (χ1) is 9.24. The number of rotatable bonds is 3. The van der Waals surface area contributed by atoms with Gasteiger partial charge in [0, 0.05) is 6.42 Å². The third kappa shape index (κ3) is 2.34. The van der Waals surface area contributed by atoms with Crippen molar-refractivity contribution in [3.8, 4) is 11.5 Å². The number of nitrogens with two attached hydrogens (primary N) is 1. The number of hydrogen-bond donors (Lipinski definition) is 1. The highest BCUT2D eigenvalue weighted by atomic mass is 19.1. The van der Waals surface area contributed by atoms with Gasteiger partial charge < -0.3 is 15.2 Å². The molecule has 0 aliphatic carbocycles. The van der Waals surface area contributed by atoms with Gasteiger partial charge in [0.25, 0.3) is 0 Å². The van der Waals surface area contributed by atoms with E-state index >= 15 is 0 Å².